The molecule has 1 aliphatic rings. The number of hydrogen-bond donors (Lipinski definition) is 1. The van der Waals surface area contributed by atoms with Crippen LogP contribution in [0.3, 0.4) is 0 Å². The number of guanidine groups is 1. The van der Waals surface area contributed by atoms with E-state index in [1.54, 1.807) is 11.3 Å². The van der Waals surface area contributed by atoms with Gasteiger partial charge in [-0.2, -0.15) is 0 Å². The number of aromatic nitrogens is 1. The molecule has 0 unspecified atom stereocenters. The van der Waals surface area contributed by atoms with E-state index in [2.05, 4.69) is 45.0 Å². The smallest absolute Gasteiger partial charge is 0.194 e. The first kappa shape index (κ1) is 19.1. The van der Waals surface area contributed by atoms with E-state index in [1.807, 2.05) is 25.2 Å². The lowest BCUT2D eigenvalue weighted by Crippen LogP contribution is -2.52. The Morgan fingerprint density at radius 3 is 2.65 bits per heavy atom. The van der Waals surface area contributed by atoms with Crippen molar-refractivity contribution in [2.24, 2.45) is 4.99 Å². The van der Waals surface area contributed by atoms with Crippen LogP contribution in [0.1, 0.15) is 21.1 Å². The zero-order valence-electron chi connectivity index (χ0n) is 15.6. The van der Waals surface area contributed by atoms with Gasteiger partial charge in [0.15, 0.2) is 5.96 Å². The predicted octanol–water partition coefficient (Wildman–Crippen LogP) is 3.31. The molecule has 1 saturated heterocycles. The Hall–Kier alpha value is -1.63. The number of aliphatic imine (C=N–C) groups is 1. The number of piperazine rings is 1. The van der Waals surface area contributed by atoms with Crippen LogP contribution in [0, 0.1) is 13.8 Å². The van der Waals surface area contributed by atoms with Crippen LogP contribution in [0.2, 0.25) is 5.02 Å². The van der Waals surface area contributed by atoms with E-state index in [-0.39, 0.29) is 0 Å². The number of aryl methyl sites for hydroxylation is 2. The molecule has 0 spiro atoms. The van der Waals surface area contributed by atoms with Gasteiger partial charge in [-0.05, 0) is 31.5 Å². The summed E-state index contributed by atoms with van der Waals surface area (Å²) in [6.45, 7) is 9.83. The molecule has 0 aliphatic carbocycles. The molecule has 5 nitrogen and oxygen atoms in total. The normalized spacial score (nSPS) is 16.2. The van der Waals surface area contributed by atoms with Gasteiger partial charge in [0.05, 0.1) is 17.2 Å². The van der Waals surface area contributed by atoms with Crippen molar-refractivity contribution in [1.82, 2.24) is 20.1 Å². The van der Waals surface area contributed by atoms with Gasteiger partial charge in [-0.1, -0.05) is 23.7 Å². The van der Waals surface area contributed by atoms with Crippen LogP contribution in [0.4, 0.5) is 0 Å². The second kappa shape index (κ2) is 8.84. The molecule has 1 aromatic carbocycles. The molecule has 2 aromatic rings. The van der Waals surface area contributed by atoms with Crippen LogP contribution < -0.4 is 5.32 Å². The van der Waals surface area contributed by atoms with Crippen molar-refractivity contribution in [3.8, 4) is 0 Å². The minimum atomic E-state index is 0.784. The van der Waals surface area contributed by atoms with Gasteiger partial charge in [-0.15, -0.1) is 11.3 Å². The summed E-state index contributed by atoms with van der Waals surface area (Å²) in [7, 11) is 1.85. The van der Waals surface area contributed by atoms with Gasteiger partial charge in [0.1, 0.15) is 0 Å². The summed E-state index contributed by atoms with van der Waals surface area (Å²) in [5.41, 5.74) is 2.38. The van der Waals surface area contributed by atoms with Crippen molar-refractivity contribution in [3.63, 3.8) is 0 Å². The van der Waals surface area contributed by atoms with Gasteiger partial charge in [0.2, 0.25) is 0 Å². The van der Waals surface area contributed by atoms with Crippen LogP contribution >= 0.6 is 22.9 Å². The van der Waals surface area contributed by atoms with E-state index in [4.69, 9.17) is 11.6 Å². The monoisotopic (exact) mass is 391 g/mol. The molecular weight excluding hydrogens is 366 g/mol. The number of nitrogens with one attached hydrogen (secondary N) is 1. The number of rotatable bonds is 4. The molecule has 0 atom stereocenters. The molecule has 0 bridgehead atoms. The summed E-state index contributed by atoms with van der Waals surface area (Å²) in [5, 5.41) is 5.41. The van der Waals surface area contributed by atoms with Crippen LogP contribution in [-0.4, -0.2) is 54.0 Å². The van der Waals surface area contributed by atoms with Crippen LogP contribution in [0.5, 0.6) is 0 Å². The standard InChI is InChI=1S/C19H26ClN5S/c1-14-18(26-15(2)23-14)12-22-19(21-3)25-9-7-24(8-10-25)13-16-5-4-6-17(20)11-16/h4-6,11H,7-10,12-13H2,1-3H3,(H,21,22). The fraction of sp³-hybridized carbons (Fsp3) is 0.474. The maximum atomic E-state index is 6.09. The topological polar surface area (TPSA) is 43.8 Å². The van der Waals surface area contributed by atoms with E-state index in [0.717, 1.165) is 61.0 Å². The highest BCUT2D eigenvalue weighted by Gasteiger charge is 2.20. The van der Waals surface area contributed by atoms with Gasteiger partial charge >= 0.3 is 0 Å². The average molecular weight is 392 g/mol. The second-order valence-electron chi connectivity index (χ2n) is 6.54. The lowest BCUT2D eigenvalue weighted by molar-refractivity contribution is 0.172. The fourth-order valence-corrected chi connectivity index (χ4v) is 4.33. The van der Waals surface area contributed by atoms with Crippen LogP contribution in [0.15, 0.2) is 29.3 Å². The molecule has 140 valence electrons. The first-order valence-electron chi connectivity index (χ1n) is 8.90. The van der Waals surface area contributed by atoms with Crippen molar-refractivity contribution >= 4 is 28.9 Å². The van der Waals surface area contributed by atoms with E-state index < -0.39 is 0 Å². The molecule has 0 radical (unpaired) electrons. The number of thiazole rings is 1. The first-order chi connectivity index (χ1) is 12.5. The predicted molar refractivity (Wildman–Crippen MR) is 110 cm³/mol. The average Bonchev–Trinajstić information content (AvgIpc) is 2.94. The highest BCUT2D eigenvalue weighted by atomic mass is 35.5. The SMILES string of the molecule is CN=C(NCc1sc(C)nc1C)N1CCN(Cc2cccc(Cl)c2)CC1. The van der Waals surface area contributed by atoms with Crippen molar-refractivity contribution in [3.05, 3.63) is 50.4 Å². The van der Waals surface area contributed by atoms with Crippen molar-refractivity contribution < 1.29 is 0 Å². The molecule has 26 heavy (non-hydrogen) atoms. The summed E-state index contributed by atoms with van der Waals surface area (Å²) in [4.78, 5) is 15.0. The summed E-state index contributed by atoms with van der Waals surface area (Å²) in [6, 6.07) is 8.12. The lowest BCUT2D eigenvalue weighted by atomic mass is 10.2. The summed E-state index contributed by atoms with van der Waals surface area (Å²) in [5.74, 6) is 0.970. The molecule has 1 aromatic heterocycles. The zero-order chi connectivity index (χ0) is 18.5. The van der Waals surface area contributed by atoms with E-state index >= 15 is 0 Å². The number of benzene rings is 1. The van der Waals surface area contributed by atoms with E-state index in [1.165, 1.54) is 10.4 Å². The van der Waals surface area contributed by atoms with Gasteiger partial charge in [0.25, 0.3) is 0 Å². The summed E-state index contributed by atoms with van der Waals surface area (Å²) in [6.07, 6.45) is 0. The van der Waals surface area contributed by atoms with Gasteiger partial charge in [0, 0.05) is 49.7 Å². The maximum Gasteiger partial charge on any atom is 0.194 e. The van der Waals surface area contributed by atoms with Gasteiger partial charge < -0.3 is 10.2 Å². The minimum absolute atomic E-state index is 0.784. The van der Waals surface area contributed by atoms with Crippen molar-refractivity contribution in [1.29, 1.82) is 0 Å². The first-order valence-corrected chi connectivity index (χ1v) is 10.1. The number of hydrogen-bond acceptors (Lipinski definition) is 4. The summed E-state index contributed by atoms with van der Waals surface area (Å²) >= 11 is 7.84. The Kier molecular flexibility index (Phi) is 6.51. The van der Waals surface area contributed by atoms with E-state index in [9.17, 15) is 0 Å². The second-order valence-corrected chi connectivity index (χ2v) is 8.26. The lowest BCUT2D eigenvalue weighted by Gasteiger charge is -2.36. The number of nitrogens with zero attached hydrogens (tertiary/aromatic N) is 4. The molecule has 0 amide bonds. The van der Waals surface area contributed by atoms with Crippen LogP contribution in [0.25, 0.3) is 0 Å². The highest BCUT2D eigenvalue weighted by molar-refractivity contribution is 7.11. The van der Waals surface area contributed by atoms with Crippen LogP contribution in [-0.2, 0) is 13.1 Å². The molecule has 7 heteroatoms. The Morgan fingerprint density at radius 2 is 2.04 bits per heavy atom. The fourth-order valence-electron chi connectivity index (χ4n) is 3.24. The Balaban J connectivity index is 1.50. The highest BCUT2D eigenvalue weighted by Crippen LogP contribution is 2.17. The third-order valence-electron chi connectivity index (χ3n) is 4.59. The van der Waals surface area contributed by atoms with E-state index in [0.29, 0.717) is 0 Å². The zero-order valence-corrected chi connectivity index (χ0v) is 17.2. The largest absolute Gasteiger partial charge is 0.351 e. The molecule has 3 rings (SSSR count). The Morgan fingerprint density at radius 1 is 1.27 bits per heavy atom. The minimum Gasteiger partial charge on any atom is -0.351 e. The molecular formula is C19H26ClN5S. The van der Waals surface area contributed by atoms with Gasteiger partial charge in [-0.3, -0.25) is 9.89 Å². The molecule has 2 heterocycles. The maximum absolute atomic E-state index is 6.09. The Bertz CT molecular complexity index is 765. The Labute approximate surface area is 164 Å². The molecule has 1 N–H and O–H groups in total. The molecule has 1 fully saturated rings. The van der Waals surface area contributed by atoms with Crippen molar-refractivity contribution in [2.45, 2.75) is 26.9 Å². The summed E-state index contributed by atoms with van der Waals surface area (Å²) < 4.78 is 0. The third kappa shape index (κ3) is 4.96. The molecule has 0 saturated carbocycles. The number of halogens is 1. The molecule has 1 aliphatic heterocycles. The van der Waals surface area contributed by atoms with Gasteiger partial charge in [-0.25, -0.2) is 4.98 Å². The van der Waals surface area contributed by atoms with Crippen molar-refractivity contribution in [2.75, 3.05) is 33.2 Å². The third-order valence-corrected chi connectivity index (χ3v) is 5.89. The quantitative estimate of drug-likeness (QED) is 0.641.